The van der Waals surface area contributed by atoms with E-state index in [2.05, 4.69) is 24.4 Å². The molecule has 2 nitrogen and oxygen atoms in total. The third-order valence-electron chi connectivity index (χ3n) is 2.84. The molecule has 1 unspecified atom stereocenters. The molecule has 0 spiro atoms. The number of hydrogen-bond acceptors (Lipinski definition) is 2. The fourth-order valence-corrected chi connectivity index (χ4v) is 2.03. The van der Waals surface area contributed by atoms with Crippen LogP contribution >= 0.6 is 11.6 Å². The van der Waals surface area contributed by atoms with Crippen molar-refractivity contribution in [2.24, 2.45) is 5.92 Å². The normalized spacial score (nSPS) is 12.4. The van der Waals surface area contributed by atoms with E-state index in [1.807, 2.05) is 12.1 Å². The van der Waals surface area contributed by atoms with Gasteiger partial charge in [0.05, 0.1) is 7.11 Å². The first-order chi connectivity index (χ1) is 8.26. The van der Waals surface area contributed by atoms with Crippen LogP contribution in [0.15, 0.2) is 24.3 Å². The fraction of sp³-hybridized carbons (Fsp3) is 0.571. The molecule has 0 fully saturated rings. The van der Waals surface area contributed by atoms with Crippen molar-refractivity contribution >= 4 is 11.6 Å². The van der Waals surface area contributed by atoms with Crippen LogP contribution in [0.5, 0.6) is 5.75 Å². The molecule has 0 heterocycles. The van der Waals surface area contributed by atoms with Crippen LogP contribution in [0.25, 0.3) is 0 Å². The number of ether oxygens (including phenoxy) is 1. The zero-order chi connectivity index (χ0) is 12.5. The van der Waals surface area contributed by atoms with Gasteiger partial charge in [0.25, 0.3) is 0 Å². The maximum absolute atomic E-state index is 5.69. The number of halogens is 1. The van der Waals surface area contributed by atoms with E-state index in [0.717, 1.165) is 37.6 Å². The highest BCUT2D eigenvalue weighted by atomic mass is 35.5. The molecule has 1 aromatic rings. The molecule has 17 heavy (non-hydrogen) atoms. The van der Waals surface area contributed by atoms with Crippen LogP contribution in [0.2, 0.25) is 0 Å². The second kappa shape index (κ2) is 8.37. The maximum atomic E-state index is 5.69. The molecule has 0 saturated carbocycles. The Morgan fingerprint density at radius 1 is 1.29 bits per heavy atom. The molecule has 0 aromatic heterocycles. The molecule has 0 aliphatic carbocycles. The second-order valence-electron chi connectivity index (χ2n) is 4.39. The summed E-state index contributed by atoms with van der Waals surface area (Å²) in [5, 5.41) is 3.46. The number of methoxy groups -OCH3 is 1. The highest BCUT2D eigenvalue weighted by Crippen LogP contribution is 2.11. The topological polar surface area (TPSA) is 21.3 Å². The van der Waals surface area contributed by atoms with Gasteiger partial charge in [-0.1, -0.05) is 19.1 Å². The zero-order valence-electron chi connectivity index (χ0n) is 10.7. The van der Waals surface area contributed by atoms with Gasteiger partial charge in [0.15, 0.2) is 0 Å². The van der Waals surface area contributed by atoms with E-state index in [9.17, 15) is 0 Å². The minimum absolute atomic E-state index is 0.656. The van der Waals surface area contributed by atoms with Crippen LogP contribution in [0, 0.1) is 5.92 Å². The van der Waals surface area contributed by atoms with Crippen LogP contribution in [0.3, 0.4) is 0 Å². The van der Waals surface area contributed by atoms with Gasteiger partial charge in [-0.05, 0) is 49.5 Å². The molecule has 1 rings (SSSR count). The molecule has 0 aliphatic rings. The Morgan fingerprint density at radius 3 is 2.59 bits per heavy atom. The smallest absolute Gasteiger partial charge is 0.118 e. The first kappa shape index (κ1) is 14.3. The third kappa shape index (κ3) is 5.94. The number of benzene rings is 1. The fourth-order valence-electron chi connectivity index (χ4n) is 1.66. The highest BCUT2D eigenvalue weighted by Gasteiger charge is 2.00. The molecule has 1 aromatic carbocycles. The number of hydrogen-bond donors (Lipinski definition) is 1. The molecule has 1 N–H and O–H groups in total. The van der Waals surface area contributed by atoms with E-state index < -0.39 is 0 Å². The molecular formula is C14H22ClNO. The van der Waals surface area contributed by atoms with E-state index in [4.69, 9.17) is 16.3 Å². The van der Waals surface area contributed by atoms with Crippen molar-refractivity contribution < 1.29 is 4.74 Å². The monoisotopic (exact) mass is 255 g/mol. The summed E-state index contributed by atoms with van der Waals surface area (Å²) in [6.45, 7) is 4.28. The Balaban J connectivity index is 2.17. The third-order valence-corrected chi connectivity index (χ3v) is 3.06. The van der Waals surface area contributed by atoms with Gasteiger partial charge in [-0.3, -0.25) is 0 Å². The van der Waals surface area contributed by atoms with Crippen LogP contribution in [0.4, 0.5) is 0 Å². The van der Waals surface area contributed by atoms with Crippen molar-refractivity contribution in [3.05, 3.63) is 29.8 Å². The lowest BCUT2D eigenvalue weighted by molar-refractivity contribution is 0.414. The maximum Gasteiger partial charge on any atom is 0.118 e. The van der Waals surface area contributed by atoms with Crippen molar-refractivity contribution in [2.75, 3.05) is 26.1 Å². The summed E-state index contributed by atoms with van der Waals surface area (Å²) in [6, 6.07) is 8.24. The molecule has 0 aliphatic heterocycles. The average molecular weight is 256 g/mol. The first-order valence-corrected chi connectivity index (χ1v) is 6.69. The summed E-state index contributed by atoms with van der Waals surface area (Å²) >= 11 is 5.69. The Hall–Kier alpha value is -0.730. The first-order valence-electron chi connectivity index (χ1n) is 6.16. The minimum Gasteiger partial charge on any atom is -0.497 e. The standard InChI is InChI=1S/C14H22ClNO/c1-12(7-9-15)11-16-10-8-13-3-5-14(17-2)6-4-13/h3-6,12,16H,7-11H2,1-2H3. The van der Waals surface area contributed by atoms with Crippen molar-refractivity contribution in [3.63, 3.8) is 0 Å². The molecule has 1 atom stereocenters. The molecule has 96 valence electrons. The summed E-state index contributed by atoms with van der Waals surface area (Å²) in [7, 11) is 1.69. The van der Waals surface area contributed by atoms with Crippen LogP contribution in [-0.4, -0.2) is 26.1 Å². The summed E-state index contributed by atoms with van der Waals surface area (Å²) in [6.07, 6.45) is 2.13. The van der Waals surface area contributed by atoms with Gasteiger partial charge in [0.2, 0.25) is 0 Å². The van der Waals surface area contributed by atoms with Gasteiger partial charge >= 0.3 is 0 Å². The van der Waals surface area contributed by atoms with Crippen molar-refractivity contribution in [1.82, 2.24) is 5.32 Å². The lowest BCUT2D eigenvalue weighted by Crippen LogP contribution is -2.23. The Morgan fingerprint density at radius 2 is 2.00 bits per heavy atom. The van der Waals surface area contributed by atoms with E-state index in [1.165, 1.54) is 5.56 Å². The average Bonchev–Trinajstić information content (AvgIpc) is 2.36. The van der Waals surface area contributed by atoms with Gasteiger partial charge in [0.1, 0.15) is 5.75 Å². The van der Waals surface area contributed by atoms with E-state index in [-0.39, 0.29) is 0 Å². The van der Waals surface area contributed by atoms with Crippen molar-refractivity contribution in [3.8, 4) is 5.75 Å². The van der Waals surface area contributed by atoms with E-state index in [1.54, 1.807) is 7.11 Å². The number of alkyl halides is 1. The molecular weight excluding hydrogens is 234 g/mol. The quantitative estimate of drug-likeness (QED) is 0.569. The summed E-state index contributed by atoms with van der Waals surface area (Å²) < 4.78 is 5.13. The zero-order valence-corrected chi connectivity index (χ0v) is 11.5. The molecule has 0 amide bonds. The van der Waals surface area contributed by atoms with Gasteiger partial charge in [0, 0.05) is 5.88 Å². The summed E-state index contributed by atoms with van der Waals surface area (Å²) in [4.78, 5) is 0. The second-order valence-corrected chi connectivity index (χ2v) is 4.76. The SMILES string of the molecule is COc1ccc(CCNCC(C)CCCl)cc1. The summed E-state index contributed by atoms with van der Waals surface area (Å²) in [5.41, 5.74) is 1.34. The van der Waals surface area contributed by atoms with E-state index >= 15 is 0 Å². The van der Waals surface area contributed by atoms with Gasteiger partial charge < -0.3 is 10.1 Å². The van der Waals surface area contributed by atoms with E-state index in [0.29, 0.717) is 5.92 Å². The van der Waals surface area contributed by atoms with Gasteiger partial charge in [-0.15, -0.1) is 11.6 Å². The molecule has 0 saturated heterocycles. The number of nitrogens with one attached hydrogen (secondary N) is 1. The van der Waals surface area contributed by atoms with Crippen LogP contribution in [-0.2, 0) is 6.42 Å². The Labute approximate surface area is 109 Å². The van der Waals surface area contributed by atoms with Gasteiger partial charge in [-0.2, -0.15) is 0 Å². The summed E-state index contributed by atoms with van der Waals surface area (Å²) in [5.74, 6) is 2.32. The molecule has 0 bridgehead atoms. The Bertz CT molecular complexity index is 300. The lowest BCUT2D eigenvalue weighted by atomic mass is 10.1. The Kier molecular flexibility index (Phi) is 7.06. The number of rotatable bonds is 8. The predicted octanol–water partition coefficient (Wildman–Crippen LogP) is 3.09. The van der Waals surface area contributed by atoms with Crippen LogP contribution < -0.4 is 10.1 Å². The van der Waals surface area contributed by atoms with Crippen molar-refractivity contribution in [1.29, 1.82) is 0 Å². The van der Waals surface area contributed by atoms with Crippen molar-refractivity contribution in [2.45, 2.75) is 19.8 Å². The highest BCUT2D eigenvalue weighted by molar-refractivity contribution is 6.17. The predicted molar refractivity (Wildman–Crippen MR) is 74.1 cm³/mol. The largest absolute Gasteiger partial charge is 0.497 e. The molecule has 3 heteroatoms. The lowest BCUT2D eigenvalue weighted by Gasteiger charge is -2.10. The minimum atomic E-state index is 0.656. The van der Waals surface area contributed by atoms with Gasteiger partial charge in [-0.25, -0.2) is 0 Å². The van der Waals surface area contributed by atoms with Crippen LogP contribution in [0.1, 0.15) is 18.9 Å². The molecule has 0 radical (unpaired) electrons.